The largest absolute Gasteiger partial charge is 0.323 e. The van der Waals surface area contributed by atoms with Gasteiger partial charge in [-0.25, -0.2) is 0 Å². The first-order valence-corrected chi connectivity index (χ1v) is 8.32. The van der Waals surface area contributed by atoms with Crippen molar-refractivity contribution in [1.82, 2.24) is 10.2 Å². The van der Waals surface area contributed by atoms with Crippen LogP contribution in [0.25, 0.3) is 0 Å². The molecular weight excluding hydrogens is 244 g/mol. The predicted molar refractivity (Wildman–Crippen MR) is 77.7 cm³/mol. The summed E-state index contributed by atoms with van der Waals surface area (Å²) in [6, 6.07) is 0.486. The van der Waals surface area contributed by atoms with Crippen molar-refractivity contribution in [2.75, 3.05) is 12.3 Å². The predicted octanol–water partition coefficient (Wildman–Crippen LogP) is 2.46. The quantitative estimate of drug-likeness (QED) is 0.833. The fourth-order valence-electron chi connectivity index (χ4n) is 3.23. The van der Waals surface area contributed by atoms with Crippen LogP contribution in [0.15, 0.2) is 0 Å². The zero-order valence-electron chi connectivity index (χ0n) is 11.8. The Bertz CT molecular complexity index is 296. The van der Waals surface area contributed by atoms with Gasteiger partial charge in [0.15, 0.2) is 0 Å². The molecule has 0 spiro atoms. The van der Waals surface area contributed by atoms with Crippen LogP contribution in [0, 0.1) is 5.92 Å². The molecule has 1 aliphatic heterocycles. The fraction of sp³-hybridized carbons (Fsp3) is 0.929. The molecule has 3 nitrogen and oxygen atoms in total. The van der Waals surface area contributed by atoms with Crippen molar-refractivity contribution in [2.24, 2.45) is 5.92 Å². The van der Waals surface area contributed by atoms with Crippen LogP contribution in [0.1, 0.15) is 46.5 Å². The zero-order chi connectivity index (χ0) is 13.1. The summed E-state index contributed by atoms with van der Waals surface area (Å²) in [6.07, 6.45) is 5.03. The van der Waals surface area contributed by atoms with Gasteiger partial charge >= 0.3 is 0 Å². The fourth-order valence-corrected chi connectivity index (χ4v) is 4.36. The first kappa shape index (κ1) is 14.2. The van der Waals surface area contributed by atoms with E-state index in [9.17, 15) is 4.79 Å². The van der Waals surface area contributed by atoms with Crippen molar-refractivity contribution in [1.29, 1.82) is 0 Å². The summed E-state index contributed by atoms with van der Waals surface area (Å²) >= 11 is 2.06. The minimum Gasteiger partial charge on any atom is -0.323 e. The minimum atomic E-state index is 0.285. The Kier molecular flexibility index (Phi) is 4.96. The van der Waals surface area contributed by atoms with E-state index >= 15 is 0 Å². The van der Waals surface area contributed by atoms with Gasteiger partial charge in [-0.3, -0.25) is 10.1 Å². The summed E-state index contributed by atoms with van der Waals surface area (Å²) in [6.45, 7) is 7.22. The van der Waals surface area contributed by atoms with Crippen LogP contribution in [0.4, 0.5) is 0 Å². The van der Waals surface area contributed by atoms with Crippen molar-refractivity contribution in [3.63, 3.8) is 0 Å². The van der Waals surface area contributed by atoms with Crippen LogP contribution in [0.2, 0.25) is 0 Å². The lowest BCUT2D eigenvalue weighted by Gasteiger charge is -2.31. The van der Waals surface area contributed by atoms with Crippen molar-refractivity contribution < 1.29 is 4.79 Å². The molecule has 2 aliphatic rings. The van der Waals surface area contributed by atoms with E-state index in [0.717, 1.165) is 11.7 Å². The molecule has 1 heterocycles. The molecule has 4 heteroatoms. The molecule has 2 rings (SSSR count). The normalized spacial score (nSPS) is 32.8. The molecule has 3 atom stereocenters. The number of nitrogens with zero attached hydrogens (tertiary/aromatic N) is 1. The van der Waals surface area contributed by atoms with Crippen molar-refractivity contribution in [3.05, 3.63) is 0 Å². The van der Waals surface area contributed by atoms with E-state index in [1.54, 1.807) is 0 Å². The molecule has 3 unspecified atom stereocenters. The van der Waals surface area contributed by atoms with Gasteiger partial charge in [0.2, 0.25) is 5.91 Å². The van der Waals surface area contributed by atoms with Crippen molar-refractivity contribution in [3.8, 4) is 0 Å². The topological polar surface area (TPSA) is 32.3 Å². The van der Waals surface area contributed by atoms with E-state index in [1.807, 2.05) is 0 Å². The second-order valence-corrected chi connectivity index (χ2v) is 7.45. The third kappa shape index (κ3) is 3.21. The molecule has 2 fully saturated rings. The van der Waals surface area contributed by atoms with Gasteiger partial charge in [-0.15, -0.1) is 0 Å². The molecule has 0 aromatic rings. The van der Waals surface area contributed by atoms with E-state index in [1.165, 1.54) is 25.0 Å². The highest BCUT2D eigenvalue weighted by Crippen LogP contribution is 2.34. The van der Waals surface area contributed by atoms with Crippen LogP contribution < -0.4 is 5.32 Å². The molecule has 18 heavy (non-hydrogen) atoms. The van der Waals surface area contributed by atoms with Gasteiger partial charge < -0.3 is 4.90 Å². The lowest BCUT2D eigenvalue weighted by molar-refractivity contribution is -0.130. The van der Waals surface area contributed by atoms with Crippen LogP contribution >= 0.6 is 11.8 Å². The Hall–Kier alpha value is -0.220. The first-order valence-electron chi connectivity index (χ1n) is 7.28. The lowest BCUT2D eigenvalue weighted by Crippen LogP contribution is -2.44. The Morgan fingerprint density at radius 3 is 2.89 bits per heavy atom. The maximum absolute atomic E-state index is 12.1. The summed E-state index contributed by atoms with van der Waals surface area (Å²) in [5.74, 6) is 2.14. The number of rotatable bonds is 5. The summed E-state index contributed by atoms with van der Waals surface area (Å²) in [5, 5.41) is 4.15. The Balaban J connectivity index is 1.95. The second-order valence-electron chi connectivity index (χ2n) is 5.87. The van der Waals surface area contributed by atoms with E-state index < -0.39 is 0 Å². The molecule has 1 saturated heterocycles. The molecule has 104 valence electrons. The van der Waals surface area contributed by atoms with Crippen molar-refractivity contribution >= 4 is 17.7 Å². The summed E-state index contributed by atoms with van der Waals surface area (Å²) < 4.78 is 0. The van der Waals surface area contributed by atoms with Gasteiger partial charge in [0, 0.05) is 11.3 Å². The Labute approximate surface area is 115 Å². The number of amides is 1. The molecule has 0 radical (unpaired) electrons. The highest BCUT2D eigenvalue weighted by atomic mass is 32.2. The molecule has 0 aromatic heterocycles. The minimum absolute atomic E-state index is 0.285. The molecule has 1 aliphatic carbocycles. The van der Waals surface area contributed by atoms with Crippen LogP contribution in [-0.2, 0) is 4.79 Å². The van der Waals surface area contributed by atoms with Gasteiger partial charge in [0.25, 0.3) is 0 Å². The van der Waals surface area contributed by atoms with Crippen molar-refractivity contribution in [2.45, 2.75) is 63.9 Å². The zero-order valence-corrected chi connectivity index (χ0v) is 12.6. The van der Waals surface area contributed by atoms with E-state index in [2.05, 4.69) is 42.7 Å². The second kappa shape index (κ2) is 6.29. The molecule has 0 bridgehead atoms. The first-order chi connectivity index (χ1) is 8.61. The van der Waals surface area contributed by atoms with Crippen LogP contribution in [0.5, 0.6) is 0 Å². The number of hydrogen-bond acceptors (Lipinski definition) is 3. The summed E-state index contributed by atoms with van der Waals surface area (Å²) in [5.41, 5.74) is 0. The average Bonchev–Trinajstić information content (AvgIpc) is 2.86. The lowest BCUT2D eigenvalue weighted by atomic mass is 10.1. The third-order valence-corrected chi connectivity index (χ3v) is 5.19. The third-order valence-electron chi connectivity index (χ3n) is 3.96. The number of thioether (sulfide) groups is 1. The number of hydrogen-bond donors (Lipinski definition) is 1. The van der Waals surface area contributed by atoms with Gasteiger partial charge in [-0.2, -0.15) is 11.8 Å². The Morgan fingerprint density at radius 2 is 2.22 bits per heavy atom. The monoisotopic (exact) mass is 270 g/mol. The Morgan fingerprint density at radius 1 is 1.44 bits per heavy atom. The number of carbonyl (C=O) groups excluding carboxylic acids is 1. The average molecular weight is 270 g/mol. The van der Waals surface area contributed by atoms with Gasteiger partial charge in [0.05, 0.1) is 12.7 Å². The van der Waals surface area contributed by atoms with E-state index in [4.69, 9.17) is 0 Å². The molecular formula is C14H26N2OS. The van der Waals surface area contributed by atoms with E-state index in [0.29, 0.717) is 24.4 Å². The maximum Gasteiger partial charge on any atom is 0.238 e. The molecule has 0 aromatic carbocycles. The maximum atomic E-state index is 12.1. The van der Waals surface area contributed by atoms with E-state index in [-0.39, 0.29) is 6.17 Å². The summed E-state index contributed by atoms with van der Waals surface area (Å²) in [4.78, 5) is 14.2. The highest BCUT2D eigenvalue weighted by molar-refractivity contribution is 7.99. The highest BCUT2D eigenvalue weighted by Gasteiger charge is 2.39. The number of carbonyl (C=O) groups is 1. The molecule has 1 saturated carbocycles. The number of nitrogens with one attached hydrogen (secondary N) is 1. The molecule has 1 N–H and O–H groups in total. The molecule has 1 amide bonds. The summed E-state index contributed by atoms with van der Waals surface area (Å²) in [7, 11) is 0. The van der Waals surface area contributed by atoms with Gasteiger partial charge in [0.1, 0.15) is 0 Å². The smallest absolute Gasteiger partial charge is 0.238 e. The van der Waals surface area contributed by atoms with Crippen LogP contribution in [0.3, 0.4) is 0 Å². The van der Waals surface area contributed by atoms with Crippen LogP contribution in [-0.4, -0.2) is 40.6 Å². The van der Waals surface area contributed by atoms with Gasteiger partial charge in [-0.05, 0) is 37.4 Å². The SMILES string of the molecule is CCSC1CCC(N2C(=O)CNC2CC(C)C)C1. The van der Waals surface area contributed by atoms with Gasteiger partial charge in [-0.1, -0.05) is 20.8 Å². The standard InChI is InChI=1S/C14H26N2OS/c1-4-18-12-6-5-11(8-12)16-13(7-10(2)3)15-9-14(16)17/h10-13,15H,4-9H2,1-3H3.